The molecule has 1 fully saturated rings. The molecule has 2 N–H and O–H groups in total. The van der Waals surface area contributed by atoms with Gasteiger partial charge in [-0.05, 0) is 37.9 Å². The number of hydrogen-bond acceptors (Lipinski definition) is 3. The Morgan fingerprint density at radius 2 is 2.12 bits per heavy atom. The standard InChI is InChI=1S/C14H20N2O/c1-13-8-5-9-15-14(13,2)16-12-10(13)6-4-7-11(12)17-3/h4,6-7,15-16H,5,8-9H2,1-3H3. The number of benzene rings is 1. The van der Waals surface area contributed by atoms with Crippen molar-refractivity contribution in [3.05, 3.63) is 23.8 Å². The lowest BCUT2D eigenvalue weighted by Gasteiger charge is -2.46. The minimum atomic E-state index is -0.0534. The Balaban J connectivity index is 2.17. The first kappa shape index (κ1) is 10.9. The van der Waals surface area contributed by atoms with Crippen LogP contribution in [0.15, 0.2) is 18.2 Å². The first-order chi connectivity index (χ1) is 8.11. The van der Waals surface area contributed by atoms with Crippen LogP contribution in [-0.4, -0.2) is 19.3 Å². The molecule has 2 heterocycles. The number of ether oxygens (including phenoxy) is 1. The highest BCUT2D eigenvalue weighted by molar-refractivity contribution is 5.71. The second-order valence-electron chi connectivity index (χ2n) is 5.50. The first-order valence-electron chi connectivity index (χ1n) is 6.31. The fourth-order valence-corrected chi connectivity index (χ4v) is 3.35. The summed E-state index contributed by atoms with van der Waals surface area (Å²) in [7, 11) is 1.73. The van der Waals surface area contributed by atoms with Crippen LogP contribution >= 0.6 is 0 Å². The lowest BCUT2D eigenvalue weighted by Crippen LogP contribution is -2.62. The molecule has 2 unspecified atom stereocenters. The maximum Gasteiger partial charge on any atom is 0.142 e. The average Bonchev–Trinajstić information content (AvgIpc) is 2.57. The smallest absolute Gasteiger partial charge is 0.142 e. The molecular formula is C14H20N2O. The molecule has 2 atom stereocenters. The molecule has 2 aliphatic rings. The summed E-state index contributed by atoms with van der Waals surface area (Å²) >= 11 is 0. The van der Waals surface area contributed by atoms with E-state index in [1.165, 1.54) is 18.4 Å². The summed E-state index contributed by atoms with van der Waals surface area (Å²) in [6.07, 6.45) is 2.44. The van der Waals surface area contributed by atoms with Gasteiger partial charge in [0.15, 0.2) is 0 Å². The van der Waals surface area contributed by atoms with E-state index in [0.717, 1.165) is 18.0 Å². The van der Waals surface area contributed by atoms with E-state index in [4.69, 9.17) is 4.74 Å². The van der Waals surface area contributed by atoms with Gasteiger partial charge in [-0.25, -0.2) is 0 Å². The van der Waals surface area contributed by atoms with Gasteiger partial charge in [-0.1, -0.05) is 19.1 Å². The van der Waals surface area contributed by atoms with Crippen LogP contribution in [0.4, 0.5) is 5.69 Å². The Morgan fingerprint density at radius 1 is 1.29 bits per heavy atom. The number of rotatable bonds is 1. The van der Waals surface area contributed by atoms with Gasteiger partial charge >= 0.3 is 0 Å². The van der Waals surface area contributed by atoms with Crippen molar-refractivity contribution < 1.29 is 4.74 Å². The van der Waals surface area contributed by atoms with E-state index >= 15 is 0 Å². The van der Waals surface area contributed by atoms with Crippen molar-refractivity contribution in [2.75, 3.05) is 19.0 Å². The molecule has 17 heavy (non-hydrogen) atoms. The summed E-state index contributed by atoms with van der Waals surface area (Å²) in [6, 6.07) is 6.34. The highest BCUT2D eigenvalue weighted by atomic mass is 16.5. The molecule has 0 aliphatic carbocycles. The third kappa shape index (κ3) is 1.26. The highest BCUT2D eigenvalue weighted by Gasteiger charge is 2.53. The van der Waals surface area contributed by atoms with E-state index in [1.807, 2.05) is 6.07 Å². The summed E-state index contributed by atoms with van der Waals surface area (Å²) in [5.74, 6) is 0.946. The van der Waals surface area contributed by atoms with E-state index < -0.39 is 0 Å². The molecule has 3 heteroatoms. The van der Waals surface area contributed by atoms with Gasteiger partial charge in [-0.3, -0.25) is 5.32 Å². The highest BCUT2D eigenvalue weighted by Crippen LogP contribution is 2.53. The summed E-state index contributed by atoms with van der Waals surface area (Å²) in [5.41, 5.74) is 2.64. The molecule has 1 saturated heterocycles. The molecule has 2 aliphatic heterocycles. The minimum Gasteiger partial charge on any atom is -0.495 e. The van der Waals surface area contributed by atoms with Gasteiger partial charge < -0.3 is 10.1 Å². The third-order valence-corrected chi connectivity index (χ3v) is 4.65. The van der Waals surface area contributed by atoms with Crippen molar-refractivity contribution in [1.29, 1.82) is 0 Å². The zero-order chi connectivity index (χ0) is 12.1. The van der Waals surface area contributed by atoms with E-state index in [1.54, 1.807) is 7.11 Å². The first-order valence-corrected chi connectivity index (χ1v) is 6.31. The fourth-order valence-electron chi connectivity index (χ4n) is 3.35. The maximum absolute atomic E-state index is 5.46. The van der Waals surface area contributed by atoms with Gasteiger partial charge in [-0.2, -0.15) is 0 Å². The molecule has 1 aromatic carbocycles. The summed E-state index contributed by atoms with van der Waals surface area (Å²) < 4.78 is 5.46. The molecule has 0 bridgehead atoms. The Kier molecular flexibility index (Phi) is 2.17. The monoisotopic (exact) mass is 232 g/mol. The molecule has 0 amide bonds. The molecule has 92 valence electrons. The third-order valence-electron chi connectivity index (χ3n) is 4.65. The Bertz CT molecular complexity index is 460. The molecule has 3 rings (SSSR count). The lowest BCUT2D eigenvalue weighted by atomic mass is 9.69. The van der Waals surface area contributed by atoms with Gasteiger partial charge in [0.2, 0.25) is 0 Å². The topological polar surface area (TPSA) is 33.3 Å². The van der Waals surface area contributed by atoms with Crippen molar-refractivity contribution in [2.24, 2.45) is 0 Å². The van der Waals surface area contributed by atoms with Crippen molar-refractivity contribution >= 4 is 5.69 Å². The maximum atomic E-state index is 5.46. The van der Waals surface area contributed by atoms with Gasteiger partial charge in [-0.15, -0.1) is 0 Å². The zero-order valence-electron chi connectivity index (χ0n) is 10.8. The summed E-state index contributed by atoms with van der Waals surface area (Å²) in [6.45, 7) is 5.68. The predicted molar refractivity (Wildman–Crippen MR) is 69.6 cm³/mol. The SMILES string of the molecule is COc1cccc2c1NC1(C)NCCCC21C. The summed E-state index contributed by atoms with van der Waals surface area (Å²) in [5, 5.41) is 7.27. The average molecular weight is 232 g/mol. The molecular weight excluding hydrogens is 212 g/mol. The molecule has 0 saturated carbocycles. The number of para-hydroxylation sites is 1. The minimum absolute atomic E-state index is 0.0534. The van der Waals surface area contributed by atoms with Crippen molar-refractivity contribution in [1.82, 2.24) is 5.32 Å². The number of anilines is 1. The van der Waals surface area contributed by atoms with Gasteiger partial charge in [0, 0.05) is 5.41 Å². The number of fused-ring (bicyclic) bond motifs is 3. The molecule has 0 spiro atoms. The molecule has 1 aromatic rings. The molecule has 0 radical (unpaired) electrons. The van der Waals surface area contributed by atoms with Crippen LogP contribution in [0.3, 0.4) is 0 Å². The zero-order valence-corrected chi connectivity index (χ0v) is 10.8. The Labute approximate surface area is 103 Å². The number of hydrogen-bond donors (Lipinski definition) is 2. The van der Waals surface area contributed by atoms with Crippen LogP contribution in [0.25, 0.3) is 0 Å². The van der Waals surface area contributed by atoms with E-state index in [-0.39, 0.29) is 11.1 Å². The normalized spacial score (nSPS) is 34.8. The quantitative estimate of drug-likeness (QED) is 0.780. The second kappa shape index (κ2) is 3.39. The van der Waals surface area contributed by atoms with Crippen LogP contribution in [0.2, 0.25) is 0 Å². The van der Waals surface area contributed by atoms with Crippen LogP contribution in [-0.2, 0) is 5.41 Å². The van der Waals surface area contributed by atoms with Gasteiger partial charge in [0.1, 0.15) is 5.75 Å². The van der Waals surface area contributed by atoms with E-state index in [2.05, 4.69) is 36.6 Å². The number of methoxy groups -OCH3 is 1. The molecule has 0 aromatic heterocycles. The second-order valence-corrected chi connectivity index (χ2v) is 5.50. The van der Waals surface area contributed by atoms with Crippen LogP contribution in [0.5, 0.6) is 5.75 Å². The Hall–Kier alpha value is -1.22. The van der Waals surface area contributed by atoms with E-state index in [9.17, 15) is 0 Å². The fraction of sp³-hybridized carbons (Fsp3) is 0.571. The largest absolute Gasteiger partial charge is 0.495 e. The van der Waals surface area contributed by atoms with Crippen LogP contribution in [0, 0.1) is 0 Å². The van der Waals surface area contributed by atoms with Crippen molar-refractivity contribution in [3.63, 3.8) is 0 Å². The molecule has 3 nitrogen and oxygen atoms in total. The van der Waals surface area contributed by atoms with Crippen molar-refractivity contribution in [2.45, 2.75) is 37.8 Å². The van der Waals surface area contributed by atoms with Gasteiger partial charge in [0.25, 0.3) is 0 Å². The predicted octanol–water partition coefficient (Wildman–Crippen LogP) is 2.48. The number of piperidine rings is 1. The van der Waals surface area contributed by atoms with Gasteiger partial charge in [0.05, 0.1) is 18.5 Å². The Morgan fingerprint density at radius 3 is 2.88 bits per heavy atom. The van der Waals surface area contributed by atoms with Crippen molar-refractivity contribution in [3.8, 4) is 5.75 Å². The van der Waals surface area contributed by atoms with Crippen LogP contribution in [0.1, 0.15) is 32.3 Å². The van der Waals surface area contributed by atoms with Crippen LogP contribution < -0.4 is 15.4 Å². The lowest BCUT2D eigenvalue weighted by molar-refractivity contribution is 0.189. The van der Waals surface area contributed by atoms with E-state index in [0.29, 0.717) is 0 Å². The summed E-state index contributed by atoms with van der Waals surface area (Å²) in [4.78, 5) is 0. The number of nitrogens with one attached hydrogen (secondary N) is 2.